The average molecular weight is 263 g/mol. The number of aliphatic carboxylic acids is 1. The highest BCUT2D eigenvalue weighted by Gasteiger charge is 2.38. The number of nitrogens with one attached hydrogen (secondary N) is 1. The van der Waals surface area contributed by atoms with Crippen molar-refractivity contribution in [3.63, 3.8) is 0 Å². The molecule has 5 heteroatoms. The van der Waals surface area contributed by atoms with E-state index in [2.05, 4.69) is 5.32 Å². The lowest BCUT2D eigenvalue weighted by Crippen LogP contribution is -2.36. The molecule has 2 atom stereocenters. The highest BCUT2D eigenvalue weighted by atomic mass is 16.5. The van der Waals surface area contributed by atoms with E-state index in [0.29, 0.717) is 5.75 Å². The van der Waals surface area contributed by atoms with Crippen molar-refractivity contribution >= 4 is 11.9 Å². The van der Waals surface area contributed by atoms with Crippen LogP contribution >= 0.6 is 0 Å². The number of carbonyl (C=O) groups excluding carboxylic acids is 1. The maximum atomic E-state index is 11.4. The highest BCUT2D eigenvalue weighted by molar-refractivity contribution is 5.89. The molecule has 2 N–H and O–H groups in total. The molecule has 0 radical (unpaired) electrons. The molecule has 1 saturated heterocycles. The van der Waals surface area contributed by atoms with Crippen LogP contribution in [0.15, 0.2) is 24.3 Å². The highest BCUT2D eigenvalue weighted by Crippen LogP contribution is 2.30. The van der Waals surface area contributed by atoms with Crippen LogP contribution in [-0.2, 0) is 9.59 Å². The van der Waals surface area contributed by atoms with Gasteiger partial charge in [-0.15, -0.1) is 0 Å². The Balaban J connectivity index is 2.25. The van der Waals surface area contributed by atoms with Crippen molar-refractivity contribution in [1.82, 2.24) is 5.32 Å². The van der Waals surface area contributed by atoms with E-state index in [1.54, 1.807) is 6.07 Å². The van der Waals surface area contributed by atoms with Gasteiger partial charge in [0.15, 0.2) is 0 Å². The molecule has 19 heavy (non-hydrogen) atoms. The lowest BCUT2D eigenvalue weighted by atomic mass is 9.92. The molecule has 102 valence electrons. The normalized spacial score (nSPS) is 22.4. The van der Waals surface area contributed by atoms with Gasteiger partial charge < -0.3 is 15.2 Å². The summed E-state index contributed by atoms with van der Waals surface area (Å²) in [7, 11) is 0. The second-order valence-electron chi connectivity index (χ2n) is 4.93. The predicted molar refractivity (Wildman–Crippen MR) is 69.1 cm³/mol. The minimum atomic E-state index is -1.01. The number of carbonyl (C=O) groups is 2. The molecule has 1 aromatic carbocycles. The Morgan fingerprint density at radius 2 is 2.21 bits per heavy atom. The maximum absolute atomic E-state index is 11.4. The number of hydrogen-bond donors (Lipinski definition) is 2. The van der Waals surface area contributed by atoms with Gasteiger partial charge in [-0.25, -0.2) is 4.79 Å². The molecule has 5 nitrogen and oxygen atoms in total. The van der Waals surface area contributed by atoms with Crippen molar-refractivity contribution in [2.45, 2.75) is 38.3 Å². The van der Waals surface area contributed by atoms with Crippen LogP contribution < -0.4 is 10.1 Å². The molecule has 2 rings (SSSR count). The van der Waals surface area contributed by atoms with Crippen molar-refractivity contribution in [2.75, 3.05) is 0 Å². The van der Waals surface area contributed by atoms with Crippen LogP contribution in [0.4, 0.5) is 0 Å². The molecule has 0 spiro atoms. The van der Waals surface area contributed by atoms with Crippen LogP contribution in [0.3, 0.4) is 0 Å². The minimum absolute atomic E-state index is 0.0499. The molecule has 1 fully saturated rings. The topological polar surface area (TPSA) is 75.6 Å². The summed E-state index contributed by atoms with van der Waals surface area (Å²) in [6.07, 6.45) is 0.246. The van der Waals surface area contributed by atoms with E-state index >= 15 is 0 Å². The summed E-state index contributed by atoms with van der Waals surface area (Å²) in [6.45, 7) is 3.85. The van der Waals surface area contributed by atoms with Crippen LogP contribution in [0, 0.1) is 0 Å². The van der Waals surface area contributed by atoms with Gasteiger partial charge in [0, 0.05) is 12.3 Å². The third-order valence-corrected chi connectivity index (χ3v) is 3.05. The Bertz CT molecular complexity index is 498. The Kier molecular flexibility index (Phi) is 3.74. The second-order valence-corrected chi connectivity index (χ2v) is 4.93. The average Bonchev–Trinajstić information content (AvgIpc) is 2.71. The molecule has 1 heterocycles. The van der Waals surface area contributed by atoms with Gasteiger partial charge in [-0.05, 0) is 31.5 Å². The van der Waals surface area contributed by atoms with Gasteiger partial charge in [-0.2, -0.15) is 0 Å². The second kappa shape index (κ2) is 5.30. The van der Waals surface area contributed by atoms with Gasteiger partial charge in [0.05, 0.1) is 6.10 Å². The molecule has 1 amide bonds. The van der Waals surface area contributed by atoms with Gasteiger partial charge >= 0.3 is 5.97 Å². The fourth-order valence-electron chi connectivity index (χ4n) is 2.29. The zero-order valence-corrected chi connectivity index (χ0v) is 10.9. The molecule has 1 aromatic rings. The van der Waals surface area contributed by atoms with Crippen LogP contribution in [0.5, 0.6) is 5.75 Å². The molecular formula is C14H17NO4. The Labute approximate surface area is 111 Å². The Hall–Kier alpha value is -2.04. The van der Waals surface area contributed by atoms with E-state index < -0.39 is 12.0 Å². The van der Waals surface area contributed by atoms with Gasteiger partial charge in [-0.1, -0.05) is 12.1 Å². The third-order valence-electron chi connectivity index (χ3n) is 3.05. The fraction of sp³-hybridized carbons (Fsp3) is 0.429. The first-order valence-corrected chi connectivity index (χ1v) is 6.26. The monoisotopic (exact) mass is 263 g/mol. The molecule has 0 aromatic heterocycles. The number of rotatable bonds is 4. The summed E-state index contributed by atoms with van der Waals surface area (Å²) in [6, 6.07) is 6.41. The van der Waals surface area contributed by atoms with Crippen molar-refractivity contribution in [3.05, 3.63) is 29.8 Å². The molecule has 0 saturated carbocycles. The summed E-state index contributed by atoms with van der Waals surface area (Å²) in [4.78, 5) is 22.5. The molecule has 0 bridgehead atoms. The van der Waals surface area contributed by atoms with Crippen LogP contribution in [0.1, 0.15) is 31.7 Å². The van der Waals surface area contributed by atoms with E-state index in [0.717, 1.165) is 5.56 Å². The number of carboxylic acid groups (broad SMARTS) is 1. The van der Waals surface area contributed by atoms with Gasteiger partial charge in [0.2, 0.25) is 5.91 Å². The zero-order valence-electron chi connectivity index (χ0n) is 10.9. The van der Waals surface area contributed by atoms with Crippen LogP contribution in [0.2, 0.25) is 0 Å². The van der Waals surface area contributed by atoms with Gasteiger partial charge in [-0.3, -0.25) is 4.79 Å². The van der Waals surface area contributed by atoms with E-state index in [-0.39, 0.29) is 24.3 Å². The lowest BCUT2D eigenvalue weighted by Gasteiger charge is -2.17. The summed E-state index contributed by atoms with van der Waals surface area (Å²) < 4.78 is 5.58. The molecule has 1 aliphatic rings. The number of hydrogen-bond acceptors (Lipinski definition) is 3. The predicted octanol–water partition coefficient (Wildman–Crippen LogP) is 1.53. The number of carboxylic acids is 1. The van der Waals surface area contributed by atoms with E-state index in [1.807, 2.05) is 32.0 Å². The molecular weight excluding hydrogens is 246 g/mol. The van der Waals surface area contributed by atoms with Gasteiger partial charge in [0.25, 0.3) is 0 Å². The lowest BCUT2D eigenvalue weighted by molar-refractivity contribution is -0.140. The van der Waals surface area contributed by atoms with Crippen molar-refractivity contribution < 1.29 is 19.4 Å². The standard InChI is InChI=1S/C14H17NO4/c1-8(2)19-10-5-3-4-9(6-10)11-7-12(16)15-13(11)14(17)18/h3-6,8,11,13H,7H2,1-2H3,(H,15,16)(H,17,18). The first-order valence-electron chi connectivity index (χ1n) is 6.26. The fourth-order valence-corrected chi connectivity index (χ4v) is 2.29. The number of benzene rings is 1. The number of ether oxygens (including phenoxy) is 1. The quantitative estimate of drug-likeness (QED) is 0.863. The van der Waals surface area contributed by atoms with Crippen molar-refractivity contribution in [2.24, 2.45) is 0 Å². The summed E-state index contributed by atoms with van der Waals surface area (Å²) in [5.41, 5.74) is 0.809. The summed E-state index contributed by atoms with van der Waals surface area (Å²) in [5, 5.41) is 11.6. The summed E-state index contributed by atoms with van der Waals surface area (Å²) >= 11 is 0. The zero-order chi connectivity index (χ0) is 14.0. The Morgan fingerprint density at radius 1 is 1.47 bits per heavy atom. The molecule has 1 aliphatic heterocycles. The largest absolute Gasteiger partial charge is 0.491 e. The van der Waals surface area contributed by atoms with Gasteiger partial charge in [0.1, 0.15) is 11.8 Å². The molecule has 2 unspecified atom stereocenters. The third kappa shape index (κ3) is 3.05. The first-order chi connectivity index (χ1) is 8.97. The minimum Gasteiger partial charge on any atom is -0.491 e. The van der Waals surface area contributed by atoms with Crippen LogP contribution in [0.25, 0.3) is 0 Å². The SMILES string of the molecule is CC(C)Oc1cccc(C2CC(=O)NC2C(=O)O)c1. The Morgan fingerprint density at radius 3 is 2.84 bits per heavy atom. The summed E-state index contributed by atoms with van der Waals surface area (Å²) in [5.74, 6) is -0.893. The molecule has 0 aliphatic carbocycles. The number of amides is 1. The first kappa shape index (κ1) is 13.4. The maximum Gasteiger partial charge on any atom is 0.326 e. The van der Waals surface area contributed by atoms with E-state index in [9.17, 15) is 9.59 Å². The van der Waals surface area contributed by atoms with Crippen LogP contribution in [-0.4, -0.2) is 29.1 Å². The van der Waals surface area contributed by atoms with E-state index in [1.165, 1.54) is 0 Å². The smallest absolute Gasteiger partial charge is 0.326 e. The van der Waals surface area contributed by atoms with E-state index in [4.69, 9.17) is 9.84 Å². The van der Waals surface area contributed by atoms with Crippen molar-refractivity contribution in [1.29, 1.82) is 0 Å². The van der Waals surface area contributed by atoms with Crippen molar-refractivity contribution in [3.8, 4) is 5.75 Å².